The van der Waals surface area contributed by atoms with Gasteiger partial charge in [0, 0.05) is 22.8 Å². The highest BCUT2D eigenvalue weighted by Gasteiger charge is 2.34. The van der Waals surface area contributed by atoms with Crippen LogP contribution in [-0.2, 0) is 6.18 Å². The Morgan fingerprint density at radius 2 is 2.14 bits per heavy atom. The van der Waals surface area contributed by atoms with Gasteiger partial charge in [0.15, 0.2) is 4.96 Å². The lowest BCUT2D eigenvalue weighted by Crippen LogP contribution is -2.17. The summed E-state index contributed by atoms with van der Waals surface area (Å²) in [6.45, 7) is 0. The fourth-order valence-electron chi connectivity index (χ4n) is 1.93. The van der Waals surface area contributed by atoms with Crippen LogP contribution in [0.15, 0.2) is 36.0 Å². The fraction of sp³-hybridized carbons (Fsp3) is 0.0769. The normalized spacial score (nSPS) is 11.8. The molecule has 2 aromatic heterocycles. The number of benzene rings is 1. The summed E-state index contributed by atoms with van der Waals surface area (Å²) in [7, 11) is 0. The third-order valence-electron chi connectivity index (χ3n) is 2.91. The first kappa shape index (κ1) is 14.9. The summed E-state index contributed by atoms with van der Waals surface area (Å²) >= 11 is 6.82. The third kappa shape index (κ3) is 2.67. The molecule has 0 aliphatic heterocycles. The smallest absolute Gasteiger partial charge is 0.320 e. The van der Waals surface area contributed by atoms with Gasteiger partial charge < -0.3 is 5.32 Å². The number of hydrogen-bond acceptors (Lipinski definition) is 3. The van der Waals surface area contributed by atoms with Crippen LogP contribution < -0.4 is 5.32 Å². The Kier molecular flexibility index (Phi) is 3.57. The summed E-state index contributed by atoms with van der Waals surface area (Å²) in [5.41, 5.74) is -1.13. The summed E-state index contributed by atoms with van der Waals surface area (Å²) in [6.07, 6.45) is -1.55. The van der Waals surface area contributed by atoms with Crippen molar-refractivity contribution < 1.29 is 18.0 Å². The Balaban J connectivity index is 1.96. The molecule has 0 bridgehead atoms. The molecule has 1 amide bonds. The molecule has 2 heterocycles. The number of imidazole rings is 1. The van der Waals surface area contributed by atoms with E-state index in [0.29, 0.717) is 4.96 Å². The van der Waals surface area contributed by atoms with E-state index in [1.807, 2.05) is 0 Å². The van der Waals surface area contributed by atoms with E-state index >= 15 is 0 Å². The number of aromatic nitrogens is 2. The van der Waals surface area contributed by atoms with Gasteiger partial charge in [0.25, 0.3) is 5.91 Å². The van der Waals surface area contributed by atoms with Crippen molar-refractivity contribution >= 4 is 39.5 Å². The van der Waals surface area contributed by atoms with E-state index in [0.717, 1.165) is 12.1 Å². The second kappa shape index (κ2) is 5.29. The minimum absolute atomic E-state index is 0.0575. The molecule has 0 atom stereocenters. The van der Waals surface area contributed by atoms with Crippen molar-refractivity contribution in [2.75, 3.05) is 5.32 Å². The number of alkyl halides is 3. The number of nitrogens with one attached hydrogen (secondary N) is 1. The summed E-state index contributed by atoms with van der Waals surface area (Å²) in [6, 6.07) is 3.19. The average Bonchev–Trinajstić information content (AvgIpc) is 3.01. The predicted molar refractivity (Wildman–Crippen MR) is 77.5 cm³/mol. The Labute approximate surface area is 131 Å². The molecule has 22 heavy (non-hydrogen) atoms. The van der Waals surface area contributed by atoms with Gasteiger partial charge in [-0.3, -0.25) is 9.20 Å². The molecule has 114 valence electrons. The molecule has 3 aromatic rings. The fourth-order valence-corrected chi connectivity index (χ4v) is 2.94. The zero-order valence-corrected chi connectivity index (χ0v) is 12.3. The van der Waals surface area contributed by atoms with Gasteiger partial charge in [-0.15, -0.1) is 11.3 Å². The van der Waals surface area contributed by atoms with Gasteiger partial charge >= 0.3 is 6.18 Å². The van der Waals surface area contributed by atoms with Crippen molar-refractivity contribution in [3.05, 3.63) is 52.3 Å². The maximum atomic E-state index is 13.0. The number of rotatable bonds is 2. The second-order valence-corrected chi connectivity index (χ2v) is 5.62. The average molecular weight is 346 g/mol. The van der Waals surface area contributed by atoms with Crippen molar-refractivity contribution in [3.8, 4) is 0 Å². The van der Waals surface area contributed by atoms with Crippen LogP contribution >= 0.6 is 22.9 Å². The summed E-state index contributed by atoms with van der Waals surface area (Å²) in [4.78, 5) is 16.8. The van der Waals surface area contributed by atoms with Crippen LogP contribution in [0.4, 0.5) is 18.9 Å². The molecule has 0 saturated carbocycles. The van der Waals surface area contributed by atoms with Gasteiger partial charge in [0.2, 0.25) is 0 Å². The Bertz CT molecular complexity index is 856. The maximum Gasteiger partial charge on any atom is 0.418 e. The van der Waals surface area contributed by atoms with Crippen molar-refractivity contribution in [2.24, 2.45) is 0 Å². The van der Waals surface area contributed by atoms with Gasteiger partial charge in [0.05, 0.1) is 11.3 Å². The van der Waals surface area contributed by atoms with E-state index in [4.69, 9.17) is 11.6 Å². The van der Waals surface area contributed by atoms with E-state index in [1.165, 1.54) is 33.4 Å². The molecule has 9 heteroatoms. The Morgan fingerprint density at radius 3 is 2.86 bits per heavy atom. The van der Waals surface area contributed by atoms with Crippen LogP contribution in [-0.4, -0.2) is 15.3 Å². The SMILES string of the molecule is O=C(Nc1ccc(Cl)cc1C(F)(F)F)c1csc2nccn12. The van der Waals surface area contributed by atoms with Crippen LogP contribution in [0.25, 0.3) is 4.96 Å². The number of hydrogen-bond donors (Lipinski definition) is 1. The molecule has 1 N–H and O–H groups in total. The molecule has 3 rings (SSSR count). The quantitative estimate of drug-likeness (QED) is 0.752. The van der Waals surface area contributed by atoms with Gasteiger partial charge in [-0.1, -0.05) is 11.6 Å². The van der Waals surface area contributed by atoms with Crippen LogP contribution in [0.2, 0.25) is 5.02 Å². The van der Waals surface area contributed by atoms with Crippen molar-refractivity contribution in [1.82, 2.24) is 9.38 Å². The van der Waals surface area contributed by atoms with Crippen LogP contribution in [0.3, 0.4) is 0 Å². The van der Waals surface area contributed by atoms with E-state index in [-0.39, 0.29) is 16.4 Å². The zero-order valence-electron chi connectivity index (χ0n) is 10.7. The number of amides is 1. The maximum absolute atomic E-state index is 13.0. The first-order chi connectivity index (χ1) is 10.4. The molecule has 4 nitrogen and oxygen atoms in total. The third-order valence-corrected chi connectivity index (χ3v) is 4.00. The topological polar surface area (TPSA) is 46.4 Å². The summed E-state index contributed by atoms with van der Waals surface area (Å²) in [5, 5.41) is 3.74. The second-order valence-electron chi connectivity index (χ2n) is 4.34. The van der Waals surface area contributed by atoms with Crippen LogP contribution in [0.1, 0.15) is 16.1 Å². The summed E-state index contributed by atoms with van der Waals surface area (Å²) < 4.78 is 40.5. The van der Waals surface area contributed by atoms with E-state index in [2.05, 4.69) is 10.3 Å². The lowest BCUT2D eigenvalue weighted by molar-refractivity contribution is -0.136. The number of anilines is 1. The molecule has 0 spiro atoms. The minimum atomic E-state index is -4.62. The first-order valence-corrected chi connectivity index (χ1v) is 7.20. The van der Waals surface area contributed by atoms with E-state index in [1.54, 1.807) is 6.20 Å². The number of halogens is 4. The van der Waals surface area contributed by atoms with Gasteiger partial charge in [-0.2, -0.15) is 13.2 Å². The predicted octanol–water partition coefficient (Wildman–Crippen LogP) is 4.32. The number of thiazole rings is 1. The number of fused-ring (bicyclic) bond motifs is 1. The molecule has 1 aromatic carbocycles. The highest BCUT2D eigenvalue weighted by Crippen LogP contribution is 2.36. The van der Waals surface area contributed by atoms with Gasteiger partial charge in [0.1, 0.15) is 5.69 Å². The Morgan fingerprint density at radius 1 is 1.36 bits per heavy atom. The molecule has 0 radical (unpaired) electrons. The molecular weight excluding hydrogens is 339 g/mol. The molecule has 0 aliphatic carbocycles. The van der Waals surface area contributed by atoms with Crippen molar-refractivity contribution in [2.45, 2.75) is 6.18 Å². The van der Waals surface area contributed by atoms with Crippen LogP contribution in [0.5, 0.6) is 0 Å². The summed E-state index contributed by atoms with van der Waals surface area (Å²) in [5.74, 6) is -0.655. The molecule has 0 unspecified atom stereocenters. The van der Waals surface area contributed by atoms with Crippen LogP contribution in [0, 0.1) is 0 Å². The lowest BCUT2D eigenvalue weighted by Gasteiger charge is -2.13. The van der Waals surface area contributed by atoms with Crippen molar-refractivity contribution in [1.29, 1.82) is 0 Å². The van der Waals surface area contributed by atoms with Crippen molar-refractivity contribution in [3.63, 3.8) is 0 Å². The minimum Gasteiger partial charge on any atom is -0.320 e. The molecule has 0 fully saturated rings. The standard InChI is InChI=1S/C13H7ClF3N3OS/c14-7-1-2-9(8(5-7)13(15,16)17)19-11(21)10-6-22-12-18-3-4-20(10)12/h1-6H,(H,19,21). The molecular formula is C13H7ClF3N3OS. The van der Waals surface area contributed by atoms with Gasteiger partial charge in [-0.05, 0) is 18.2 Å². The highest BCUT2D eigenvalue weighted by atomic mass is 35.5. The number of nitrogens with zero attached hydrogens (tertiary/aromatic N) is 2. The monoisotopic (exact) mass is 345 g/mol. The highest BCUT2D eigenvalue weighted by molar-refractivity contribution is 7.15. The van der Waals surface area contributed by atoms with E-state index < -0.39 is 17.6 Å². The van der Waals surface area contributed by atoms with E-state index in [9.17, 15) is 18.0 Å². The lowest BCUT2D eigenvalue weighted by atomic mass is 10.1. The zero-order chi connectivity index (χ0) is 15.9. The van der Waals surface area contributed by atoms with Gasteiger partial charge in [-0.25, -0.2) is 4.98 Å². The number of carbonyl (C=O) groups is 1. The Hall–Kier alpha value is -2.06. The largest absolute Gasteiger partial charge is 0.418 e. The first-order valence-electron chi connectivity index (χ1n) is 5.95. The number of carbonyl (C=O) groups excluding carboxylic acids is 1. The molecule has 0 aliphatic rings. The molecule has 0 saturated heterocycles.